The molecule has 0 aliphatic rings. The summed E-state index contributed by atoms with van der Waals surface area (Å²) >= 11 is 0. The zero-order valence-corrected chi connectivity index (χ0v) is 34.4. The maximum absolute atomic E-state index is 12.6. The van der Waals surface area contributed by atoms with Crippen LogP contribution in [-0.2, 0) is 32.7 Å². The van der Waals surface area contributed by atoms with Crippen LogP contribution >= 0.6 is 7.82 Å². The Labute approximate surface area is 319 Å². The van der Waals surface area contributed by atoms with E-state index in [1.165, 1.54) is 116 Å². The molecule has 52 heavy (non-hydrogen) atoms. The first-order valence-electron chi connectivity index (χ1n) is 21.3. The zero-order valence-electron chi connectivity index (χ0n) is 33.6. The second-order valence-corrected chi connectivity index (χ2v) is 15.7. The summed E-state index contributed by atoms with van der Waals surface area (Å²) in [5, 5.41) is 0. The van der Waals surface area contributed by atoms with Crippen LogP contribution in [0.2, 0.25) is 0 Å². The van der Waals surface area contributed by atoms with E-state index in [1.54, 1.807) is 0 Å². The van der Waals surface area contributed by atoms with Gasteiger partial charge in [-0.1, -0.05) is 167 Å². The minimum absolute atomic E-state index is 0.0542. The number of phosphoric acid groups is 1. The Kier molecular flexibility index (Phi) is 38.1. The lowest BCUT2D eigenvalue weighted by atomic mass is 10.0. The van der Waals surface area contributed by atoms with Crippen LogP contribution in [0.5, 0.6) is 0 Å². The smallest absolute Gasteiger partial charge is 0.462 e. The molecule has 0 fully saturated rings. The quantitative estimate of drug-likeness (QED) is 0.0271. The first-order valence-corrected chi connectivity index (χ1v) is 22.8. The van der Waals surface area contributed by atoms with Gasteiger partial charge in [0, 0.05) is 19.4 Å². The molecule has 0 aliphatic carbocycles. The largest absolute Gasteiger partial charge is 0.472 e. The summed E-state index contributed by atoms with van der Waals surface area (Å²) in [4.78, 5) is 34.8. The Bertz CT molecular complexity index is 912. The molecule has 1 unspecified atom stereocenters. The lowest BCUT2D eigenvalue weighted by Gasteiger charge is -2.19. The lowest BCUT2D eigenvalue weighted by Crippen LogP contribution is -2.29. The number of nitrogens with two attached hydrogens (primary N) is 1. The SMILES string of the molecule is CCCCC/C=C/C/C=C/CCCCCCCCCCCC(=O)O[C@H](COC(=O)CCCCCCCCCCCCCC)COP(=O)(O)OCCN. The van der Waals surface area contributed by atoms with Crippen molar-refractivity contribution in [2.24, 2.45) is 5.73 Å². The second-order valence-electron chi connectivity index (χ2n) is 14.2. The van der Waals surface area contributed by atoms with Crippen molar-refractivity contribution < 1.29 is 37.6 Å². The van der Waals surface area contributed by atoms with Gasteiger partial charge in [0.15, 0.2) is 6.10 Å². The third-order valence-corrected chi connectivity index (χ3v) is 10.1. The number of esters is 2. The van der Waals surface area contributed by atoms with Crippen LogP contribution in [0.3, 0.4) is 0 Å². The van der Waals surface area contributed by atoms with E-state index < -0.39 is 26.5 Å². The Morgan fingerprint density at radius 3 is 1.50 bits per heavy atom. The standard InChI is InChI=1S/C42H80NO8P/c1-3-5-7-9-11-13-15-17-18-19-20-21-22-23-25-27-29-31-33-35-42(45)51-40(39-50-52(46,47)49-37-36-43)38-48-41(44)34-32-30-28-26-24-16-14-12-10-8-6-4-2/h11,13,17-18,40H,3-10,12,14-16,19-39,43H2,1-2H3,(H,46,47)/b13-11+,18-17+/t40-/m1/s1. The van der Waals surface area contributed by atoms with Crippen LogP contribution in [0.25, 0.3) is 0 Å². The zero-order chi connectivity index (χ0) is 38.2. The number of hydrogen-bond donors (Lipinski definition) is 2. The summed E-state index contributed by atoms with van der Waals surface area (Å²) in [6, 6.07) is 0. The van der Waals surface area contributed by atoms with E-state index in [0.29, 0.717) is 6.42 Å². The van der Waals surface area contributed by atoms with Gasteiger partial charge in [0.1, 0.15) is 6.61 Å². The fourth-order valence-corrected chi connectivity index (χ4v) is 6.67. The molecular weight excluding hydrogens is 677 g/mol. The Morgan fingerprint density at radius 1 is 0.577 bits per heavy atom. The Hall–Kier alpha value is -1.51. The third-order valence-electron chi connectivity index (χ3n) is 9.09. The molecule has 0 aromatic rings. The van der Waals surface area contributed by atoms with Crippen LogP contribution < -0.4 is 5.73 Å². The summed E-state index contributed by atoms with van der Waals surface area (Å²) < 4.78 is 32.7. The van der Waals surface area contributed by atoms with Gasteiger partial charge in [-0.05, 0) is 44.9 Å². The molecule has 0 rings (SSSR count). The van der Waals surface area contributed by atoms with Crippen molar-refractivity contribution in [2.75, 3.05) is 26.4 Å². The number of hydrogen-bond acceptors (Lipinski definition) is 8. The van der Waals surface area contributed by atoms with E-state index in [0.717, 1.165) is 51.4 Å². The topological polar surface area (TPSA) is 134 Å². The van der Waals surface area contributed by atoms with Crippen LogP contribution in [0.1, 0.15) is 200 Å². The molecule has 9 nitrogen and oxygen atoms in total. The number of ether oxygens (including phenoxy) is 2. The summed E-state index contributed by atoms with van der Waals surface area (Å²) in [5.74, 6) is -0.828. The predicted octanol–water partition coefficient (Wildman–Crippen LogP) is 12.0. The van der Waals surface area contributed by atoms with Gasteiger partial charge in [-0.25, -0.2) is 4.57 Å². The minimum atomic E-state index is -4.37. The van der Waals surface area contributed by atoms with Gasteiger partial charge in [-0.15, -0.1) is 0 Å². The average Bonchev–Trinajstić information content (AvgIpc) is 3.13. The van der Waals surface area contributed by atoms with Crippen molar-refractivity contribution in [3.8, 4) is 0 Å². The molecule has 0 aliphatic heterocycles. The maximum Gasteiger partial charge on any atom is 0.472 e. The average molecular weight is 758 g/mol. The number of rotatable bonds is 40. The molecule has 0 amide bonds. The van der Waals surface area contributed by atoms with Crippen molar-refractivity contribution in [2.45, 2.75) is 206 Å². The van der Waals surface area contributed by atoms with Gasteiger partial charge in [0.2, 0.25) is 0 Å². The summed E-state index contributed by atoms with van der Waals surface area (Å²) in [7, 11) is -4.37. The molecule has 3 N–H and O–H groups in total. The number of phosphoric ester groups is 1. The first kappa shape index (κ1) is 50.5. The monoisotopic (exact) mass is 758 g/mol. The molecule has 0 saturated carbocycles. The molecule has 0 aromatic carbocycles. The molecule has 306 valence electrons. The van der Waals surface area contributed by atoms with Crippen LogP contribution in [0, 0.1) is 0 Å². The molecule has 0 saturated heterocycles. The molecule has 0 spiro atoms. The van der Waals surface area contributed by atoms with Crippen molar-refractivity contribution in [1.29, 1.82) is 0 Å². The van der Waals surface area contributed by atoms with Gasteiger partial charge >= 0.3 is 19.8 Å². The summed E-state index contributed by atoms with van der Waals surface area (Å²) in [6.45, 7) is 3.71. The van der Waals surface area contributed by atoms with Crippen molar-refractivity contribution in [3.63, 3.8) is 0 Å². The van der Waals surface area contributed by atoms with Gasteiger partial charge in [-0.2, -0.15) is 0 Å². The third kappa shape index (κ3) is 38.2. The Morgan fingerprint density at radius 2 is 1.00 bits per heavy atom. The van der Waals surface area contributed by atoms with Crippen molar-refractivity contribution in [1.82, 2.24) is 0 Å². The van der Waals surface area contributed by atoms with Crippen molar-refractivity contribution >= 4 is 19.8 Å². The molecule has 0 radical (unpaired) electrons. The van der Waals surface area contributed by atoms with Crippen LogP contribution in [0.15, 0.2) is 24.3 Å². The highest BCUT2D eigenvalue weighted by molar-refractivity contribution is 7.47. The van der Waals surface area contributed by atoms with Gasteiger partial charge in [0.25, 0.3) is 0 Å². The fraction of sp³-hybridized carbons (Fsp3) is 0.857. The predicted molar refractivity (Wildman–Crippen MR) is 215 cm³/mol. The lowest BCUT2D eigenvalue weighted by molar-refractivity contribution is -0.161. The second kappa shape index (κ2) is 39.2. The molecule has 0 aromatic heterocycles. The van der Waals surface area contributed by atoms with E-state index in [4.69, 9.17) is 24.3 Å². The summed E-state index contributed by atoms with van der Waals surface area (Å²) in [5.41, 5.74) is 5.34. The van der Waals surface area contributed by atoms with E-state index >= 15 is 0 Å². The Balaban J connectivity index is 4.13. The maximum atomic E-state index is 12.6. The van der Waals surface area contributed by atoms with Crippen molar-refractivity contribution in [3.05, 3.63) is 24.3 Å². The number of allylic oxidation sites excluding steroid dienone is 4. The molecule has 0 heterocycles. The number of unbranched alkanes of at least 4 members (excludes halogenated alkanes) is 23. The summed E-state index contributed by atoms with van der Waals surface area (Å²) in [6.07, 6.45) is 40.6. The first-order chi connectivity index (χ1) is 25.3. The molecule has 2 atom stereocenters. The molecule has 10 heteroatoms. The van der Waals surface area contributed by atoms with Gasteiger partial charge < -0.3 is 20.1 Å². The highest BCUT2D eigenvalue weighted by atomic mass is 31.2. The highest BCUT2D eigenvalue weighted by Crippen LogP contribution is 2.43. The van der Waals surface area contributed by atoms with E-state index in [-0.39, 0.29) is 38.6 Å². The molecule has 0 bridgehead atoms. The van der Waals surface area contributed by atoms with Gasteiger partial charge in [0.05, 0.1) is 13.2 Å². The number of carbonyl (C=O) groups is 2. The van der Waals surface area contributed by atoms with Crippen LogP contribution in [0.4, 0.5) is 0 Å². The minimum Gasteiger partial charge on any atom is -0.462 e. The van der Waals surface area contributed by atoms with Crippen LogP contribution in [-0.4, -0.2) is 49.3 Å². The van der Waals surface area contributed by atoms with E-state index in [1.807, 2.05) is 0 Å². The highest BCUT2D eigenvalue weighted by Gasteiger charge is 2.26. The van der Waals surface area contributed by atoms with Gasteiger partial charge in [-0.3, -0.25) is 18.6 Å². The fourth-order valence-electron chi connectivity index (χ4n) is 5.90. The normalized spacial score (nSPS) is 13.5. The number of carbonyl (C=O) groups excluding carboxylic acids is 2. The van der Waals surface area contributed by atoms with E-state index in [2.05, 4.69) is 38.2 Å². The molecular formula is C42H80NO8P. The van der Waals surface area contributed by atoms with E-state index in [9.17, 15) is 19.0 Å².